The van der Waals surface area contributed by atoms with Gasteiger partial charge in [0, 0.05) is 0 Å². The molecule has 2 aromatic carbocycles. The van der Waals surface area contributed by atoms with Gasteiger partial charge in [-0.05, 0) is 42.5 Å². The number of benzene rings is 2. The van der Waals surface area contributed by atoms with Crippen LogP contribution in [0.15, 0.2) is 54.6 Å². The van der Waals surface area contributed by atoms with Crippen LogP contribution in [0.5, 0.6) is 5.75 Å². The first-order valence-corrected chi connectivity index (χ1v) is 8.20. The first-order valence-electron chi connectivity index (χ1n) is 8.20. The number of carbonyl (C=O) groups is 2. The van der Waals surface area contributed by atoms with E-state index in [1.165, 1.54) is 5.56 Å². The van der Waals surface area contributed by atoms with E-state index >= 15 is 0 Å². The molecule has 25 heavy (non-hydrogen) atoms. The predicted octanol–water partition coefficient (Wildman–Crippen LogP) is 3.30. The SMILES string of the molecule is COc1ccc(CCCCOC(=O)C(=O)OCc2ccccc2)cc1. The third-order valence-corrected chi connectivity index (χ3v) is 3.63. The molecule has 5 heteroatoms. The second-order valence-corrected chi connectivity index (χ2v) is 5.50. The number of hydrogen-bond donors (Lipinski definition) is 0. The lowest BCUT2D eigenvalue weighted by Gasteiger charge is -2.06. The van der Waals surface area contributed by atoms with Crippen molar-refractivity contribution in [2.75, 3.05) is 13.7 Å². The number of rotatable bonds is 8. The molecule has 132 valence electrons. The highest BCUT2D eigenvalue weighted by atomic mass is 16.6. The topological polar surface area (TPSA) is 61.8 Å². The van der Waals surface area contributed by atoms with Crippen molar-refractivity contribution in [3.63, 3.8) is 0 Å². The van der Waals surface area contributed by atoms with Crippen LogP contribution in [0, 0.1) is 0 Å². The van der Waals surface area contributed by atoms with Gasteiger partial charge in [-0.1, -0.05) is 42.5 Å². The number of ether oxygens (including phenoxy) is 3. The van der Waals surface area contributed by atoms with Crippen LogP contribution in [0.4, 0.5) is 0 Å². The van der Waals surface area contributed by atoms with Crippen molar-refractivity contribution in [3.05, 3.63) is 65.7 Å². The predicted molar refractivity (Wildman–Crippen MR) is 93.1 cm³/mol. The fourth-order valence-electron chi connectivity index (χ4n) is 2.23. The lowest BCUT2D eigenvalue weighted by atomic mass is 10.1. The summed E-state index contributed by atoms with van der Waals surface area (Å²) in [5, 5.41) is 0. The van der Waals surface area contributed by atoms with Crippen LogP contribution < -0.4 is 4.74 Å². The van der Waals surface area contributed by atoms with Crippen LogP contribution in [0.1, 0.15) is 24.0 Å². The molecule has 5 nitrogen and oxygen atoms in total. The molecule has 0 amide bonds. The summed E-state index contributed by atoms with van der Waals surface area (Å²) in [6.07, 6.45) is 2.42. The highest BCUT2D eigenvalue weighted by Crippen LogP contribution is 2.13. The van der Waals surface area contributed by atoms with E-state index in [1.807, 2.05) is 54.6 Å². The maximum absolute atomic E-state index is 11.6. The molecule has 0 saturated carbocycles. The van der Waals surface area contributed by atoms with Gasteiger partial charge in [0.25, 0.3) is 0 Å². The molecular weight excluding hydrogens is 320 g/mol. The zero-order chi connectivity index (χ0) is 17.9. The first-order chi connectivity index (χ1) is 12.2. The Balaban J connectivity index is 1.58. The van der Waals surface area contributed by atoms with Gasteiger partial charge in [-0.3, -0.25) is 0 Å². The minimum atomic E-state index is -0.959. The second kappa shape index (κ2) is 10.1. The van der Waals surface area contributed by atoms with Gasteiger partial charge in [0.15, 0.2) is 0 Å². The van der Waals surface area contributed by atoms with Crippen molar-refractivity contribution in [2.45, 2.75) is 25.9 Å². The lowest BCUT2D eigenvalue weighted by molar-refractivity contribution is -0.168. The Morgan fingerprint density at radius 1 is 0.800 bits per heavy atom. The minimum Gasteiger partial charge on any atom is -0.497 e. The van der Waals surface area contributed by atoms with E-state index in [0.29, 0.717) is 6.42 Å². The van der Waals surface area contributed by atoms with Crippen LogP contribution >= 0.6 is 0 Å². The van der Waals surface area contributed by atoms with E-state index in [4.69, 9.17) is 14.2 Å². The number of carbonyl (C=O) groups excluding carboxylic acids is 2. The molecule has 0 N–H and O–H groups in total. The molecule has 0 aliphatic rings. The fraction of sp³-hybridized carbons (Fsp3) is 0.300. The van der Waals surface area contributed by atoms with E-state index in [9.17, 15) is 9.59 Å². The van der Waals surface area contributed by atoms with Crippen molar-refractivity contribution in [3.8, 4) is 5.75 Å². The zero-order valence-corrected chi connectivity index (χ0v) is 14.3. The van der Waals surface area contributed by atoms with Crippen LogP contribution in [0.2, 0.25) is 0 Å². The van der Waals surface area contributed by atoms with E-state index in [2.05, 4.69) is 0 Å². The summed E-state index contributed by atoms with van der Waals surface area (Å²) in [5.41, 5.74) is 2.01. The Kier molecular flexibility index (Phi) is 7.50. The normalized spacial score (nSPS) is 10.1. The molecule has 0 radical (unpaired) electrons. The summed E-state index contributed by atoms with van der Waals surface area (Å²) in [4.78, 5) is 23.1. The molecule has 2 rings (SSSR count). The molecule has 0 aliphatic carbocycles. The van der Waals surface area contributed by atoms with Crippen LogP contribution in [-0.4, -0.2) is 25.7 Å². The molecule has 0 aromatic heterocycles. The van der Waals surface area contributed by atoms with Crippen LogP contribution in [-0.2, 0) is 32.1 Å². The molecule has 0 bridgehead atoms. The van der Waals surface area contributed by atoms with Gasteiger partial charge in [-0.2, -0.15) is 0 Å². The maximum Gasteiger partial charge on any atom is 0.417 e. The Labute approximate surface area is 147 Å². The summed E-state index contributed by atoms with van der Waals surface area (Å²) >= 11 is 0. The summed E-state index contributed by atoms with van der Waals surface area (Å²) in [6.45, 7) is 0.266. The molecule has 0 spiro atoms. The molecule has 0 heterocycles. The Morgan fingerprint density at radius 3 is 2.16 bits per heavy atom. The lowest BCUT2D eigenvalue weighted by Crippen LogP contribution is -2.20. The van der Waals surface area contributed by atoms with Gasteiger partial charge in [0.2, 0.25) is 0 Å². The van der Waals surface area contributed by atoms with Crippen LogP contribution in [0.3, 0.4) is 0 Å². The standard InChI is InChI=1S/C20H22O5/c1-23-18-12-10-16(11-13-18)7-5-6-14-24-19(21)20(22)25-15-17-8-3-2-4-9-17/h2-4,8-13H,5-7,14-15H2,1H3. The van der Waals surface area contributed by atoms with E-state index < -0.39 is 11.9 Å². The van der Waals surface area contributed by atoms with E-state index in [0.717, 1.165) is 24.2 Å². The van der Waals surface area contributed by atoms with Gasteiger partial charge in [-0.25, -0.2) is 9.59 Å². The number of aryl methyl sites for hydroxylation is 1. The average molecular weight is 342 g/mol. The Bertz CT molecular complexity index is 664. The van der Waals surface area contributed by atoms with Gasteiger partial charge >= 0.3 is 11.9 Å². The van der Waals surface area contributed by atoms with Crippen molar-refractivity contribution in [1.82, 2.24) is 0 Å². The van der Waals surface area contributed by atoms with Crippen molar-refractivity contribution < 1.29 is 23.8 Å². The largest absolute Gasteiger partial charge is 0.497 e. The zero-order valence-electron chi connectivity index (χ0n) is 14.3. The number of methoxy groups -OCH3 is 1. The van der Waals surface area contributed by atoms with Crippen molar-refractivity contribution in [2.24, 2.45) is 0 Å². The summed E-state index contributed by atoms with van der Waals surface area (Å²) in [6, 6.07) is 17.0. The molecule has 0 unspecified atom stereocenters. The Morgan fingerprint density at radius 2 is 1.48 bits per heavy atom. The van der Waals surface area contributed by atoms with Crippen LogP contribution in [0.25, 0.3) is 0 Å². The van der Waals surface area contributed by atoms with Gasteiger partial charge in [0.05, 0.1) is 13.7 Å². The number of hydrogen-bond acceptors (Lipinski definition) is 5. The second-order valence-electron chi connectivity index (χ2n) is 5.50. The van der Waals surface area contributed by atoms with E-state index in [1.54, 1.807) is 7.11 Å². The fourth-order valence-corrected chi connectivity index (χ4v) is 2.23. The highest BCUT2D eigenvalue weighted by molar-refractivity contribution is 6.29. The first kappa shape index (κ1) is 18.5. The molecular formula is C20H22O5. The smallest absolute Gasteiger partial charge is 0.417 e. The number of esters is 2. The molecule has 0 saturated heterocycles. The molecule has 0 atom stereocenters. The summed E-state index contributed by atoms with van der Waals surface area (Å²) < 4.78 is 15.0. The van der Waals surface area contributed by atoms with Crippen molar-refractivity contribution in [1.29, 1.82) is 0 Å². The van der Waals surface area contributed by atoms with E-state index in [-0.39, 0.29) is 13.2 Å². The summed E-state index contributed by atoms with van der Waals surface area (Å²) in [7, 11) is 1.63. The minimum absolute atomic E-state index is 0.0617. The van der Waals surface area contributed by atoms with Gasteiger partial charge in [-0.15, -0.1) is 0 Å². The number of unbranched alkanes of at least 4 members (excludes halogenated alkanes) is 1. The monoisotopic (exact) mass is 342 g/mol. The Hall–Kier alpha value is -2.82. The summed E-state index contributed by atoms with van der Waals surface area (Å²) in [5.74, 6) is -1.08. The third kappa shape index (κ3) is 6.67. The van der Waals surface area contributed by atoms with Gasteiger partial charge in [0.1, 0.15) is 12.4 Å². The maximum atomic E-state index is 11.6. The van der Waals surface area contributed by atoms with Gasteiger partial charge < -0.3 is 14.2 Å². The third-order valence-electron chi connectivity index (χ3n) is 3.63. The molecule has 2 aromatic rings. The molecule has 0 aliphatic heterocycles. The van der Waals surface area contributed by atoms with Crippen molar-refractivity contribution >= 4 is 11.9 Å². The molecule has 0 fully saturated rings. The average Bonchev–Trinajstić information content (AvgIpc) is 2.67. The highest BCUT2D eigenvalue weighted by Gasteiger charge is 2.16. The quantitative estimate of drug-likeness (QED) is 0.418.